The van der Waals surface area contributed by atoms with Crippen molar-refractivity contribution in [2.45, 2.75) is 58.9 Å². The number of rotatable bonds is 5. The zero-order valence-electron chi connectivity index (χ0n) is 16.4. The molecule has 0 bridgehead atoms. The van der Waals surface area contributed by atoms with E-state index in [0.29, 0.717) is 23.2 Å². The Bertz CT molecular complexity index is 946. The highest BCUT2D eigenvalue weighted by Crippen LogP contribution is 2.26. The number of carbonyl (C=O) groups is 1. The zero-order chi connectivity index (χ0) is 19.8. The molecular formula is C19H24N4O3S. The normalized spacial score (nSPS) is 12.4. The van der Waals surface area contributed by atoms with E-state index in [2.05, 4.69) is 20.4 Å². The van der Waals surface area contributed by atoms with Crippen LogP contribution < -0.4 is 5.32 Å². The quantitative estimate of drug-likeness (QED) is 0.710. The zero-order valence-corrected chi connectivity index (χ0v) is 17.2. The van der Waals surface area contributed by atoms with Gasteiger partial charge in [-0.15, -0.1) is 11.3 Å². The molecule has 3 aromatic rings. The number of nitrogens with zero attached hydrogens (tertiary/aromatic N) is 3. The van der Waals surface area contributed by atoms with Gasteiger partial charge in [0.1, 0.15) is 5.76 Å². The smallest absolute Gasteiger partial charge is 0.232 e. The van der Waals surface area contributed by atoms with Crippen LogP contribution in [0.5, 0.6) is 0 Å². The van der Waals surface area contributed by atoms with E-state index in [-0.39, 0.29) is 17.7 Å². The molecule has 0 aromatic carbocycles. The van der Waals surface area contributed by atoms with Gasteiger partial charge in [-0.1, -0.05) is 25.9 Å². The van der Waals surface area contributed by atoms with Crippen molar-refractivity contribution in [2.75, 3.05) is 0 Å². The van der Waals surface area contributed by atoms with Gasteiger partial charge in [0.25, 0.3) is 0 Å². The maximum absolute atomic E-state index is 12.5. The van der Waals surface area contributed by atoms with Crippen LogP contribution in [0.25, 0.3) is 10.8 Å². The van der Waals surface area contributed by atoms with Crippen molar-refractivity contribution >= 4 is 17.2 Å². The van der Waals surface area contributed by atoms with Gasteiger partial charge in [0.2, 0.25) is 11.8 Å². The molecular weight excluding hydrogens is 364 g/mol. The summed E-state index contributed by atoms with van der Waals surface area (Å²) in [5, 5.41) is 9.62. The van der Waals surface area contributed by atoms with Gasteiger partial charge < -0.3 is 14.3 Å². The average molecular weight is 388 g/mol. The minimum Gasteiger partial charge on any atom is -0.459 e. The van der Waals surface area contributed by atoms with Gasteiger partial charge in [-0.05, 0) is 32.9 Å². The van der Waals surface area contributed by atoms with E-state index in [1.165, 1.54) is 11.3 Å². The number of furan rings is 1. The first-order valence-electron chi connectivity index (χ1n) is 8.71. The summed E-state index contributed by atoms with van der Waals surface area (Å²) in [6.45, 7) is 11.6. The van der Waals surface area contributed by atoms with Crippen molar-refractivity contribution in [3.8, 4) is 10.8 Å². The summed E-state index contributed by atoms with van der Waals surface area (Å²) in [7, 11) is 0. The molecule has 1 N–H and O–H groups in total. The topological polar surface area (TPSA) is 94.1 Å². The van der Waals surface area contributed by atoms with Gasteiger partial charge in [0.15, 0.2) is 16.6 Å². The molecule has 0 atom stereocenters. The maximum Gasteiger partial charge on any atom is 0.232 e. The van der Waals surface area contributed by atoms with E-state index in [0.717, 1.165) is 10.8 Å². The minimum absolute atomic E-state index is 0.158. The van der Waals surface area contributed by atoms with Gasteiger partial charge in [0.05, 0.1) is 17.7 Å². The van der Waals surface area contributed by atoms with Crippen molar-refractivity contribution in [1.29, 1.82) is 0 Å². The van der Waals surface area contributed by atoms with Crippen LogP contribution in [-0.4, -0.2) is 21.0 Å². The number of carbonyl (C=O) groups excluding carboxylic acids is 1. The second-order valence-corrected chi connectivity index (χ2v) is 8.94. The van der Waals surface area contributed by atoms with Crippen molar-refractivity contribution in [3.63, 3.8) is 0 Å². The Morgan fingerprint density at radius 2 is 1.93 bits per heavy atom. The lowest BCUT2D eigenvalue weighted by atomic mass is 9.97. The first-order valence-corrected chi connectivity index (χ1v) is 9.59. The monoisotopic (exact) mass is 388 g/mol. The Labute approximate surface area is 162 Å². The number of aromatic nitrogens is 3. The van der Waals surface area contributed by atoms with Crippen LogP contribution in [0, 0.1) is 6.92 Å². The van der Waals surface area contributed by atoms with Gasteiger partial charge in [0, 0.05) is 10.8 Å². The van der Waals surface area contributed by atoms with Crippen molar-refractivity contribution in [1.82, 2.24) is 20.4 Å². The van der Waals surface area contributed by atoms with E-state index in [9.17, 15) is 4.79 Å². The molecule has 1 amide bonds. The van der Waals surface area contributed by atoms with Gasteiger partial charge in [-0.25, -0.2) is 4.98 Å². The predicted octanol–water partition coefficient (Wildman–Crippen LogP) is 3.99. The molecule has 0 aliphatic heterocycles. The van der Waals surface area contributed by atoms with Crippen LogP contribution >= 0.6 is 11.3 Å². The molecule has 7 nitrogen and oxygen atoms in total. The minimum atomic E-state index is -0.749. The summed E-state index contributed by atoms with van der Waals surface area (Å²) < 4.78 is 10.9. The molecule has 3 aromatic heterocycles. The Balaban J connectivity index is 1.66. The molecule has 3 rings (SSSR count). The van der Waals surface area contributed by atoms with E-state index in [1.807, 2.05) is 59.1 Å². The molecule has 27 heavy (non-hydrogen) atoms. The summed E-state index contributed by atoms with van der Waals surface area (Å²) in [6.07, 6.45) is 0.170. The molecule has 0 saturated heterocycles. The van der Waals surface area contributed by atoms with Crippen LogP contribution in [0.1, 0.15) is 57.8 Å². The molecule has 0 radical (unpaired) electrons. The van der Waals surface area contributed by atoms with Gasteiger partial charge in [-0.3, -0.25) is 4.79 Å². The summed E-state index contributed by atoms with van der Waals surface area (Å²) >= 11 is 1.45. The SMILES string of the molecule is Cc1ccc(-c2nc(CC(=O)NC(C)(C)c3noc(C(C)(C)C)n3)cs2)o1. The molecule has 0 unspecified atom stereocenters. The molecule has 0 saturated carbocycles. The van der Waals surface area contributed by atoms with Crippen LogP contribution in [0.2, 0.25) is 0 Å². The third kappa shape index (κ3) is 4.44. The van der Waals surface area contributed by atoms with E-state index < -0.39 is 5.54 Å². The van der Waals surface area contributed by atoms with Crippen LogP contribution in [0.4, 0.5) is 0 Å². The fourth-order valence-electron chi connectivity index (χ4n) is 2.45. The first kappa shape index (κ1) is 19.3. The van der Waals surface area contributed by atoms with Gasteiger partial charge >= 0.3 is 0 Å². The third-order valence-electron chi connectivity index (χ3n) is 3.92. The fraction of sp³-hybridized carbons (Fsp3) is 0.474. The molecule has 8 heteroatoms. The molecule has 0 aliphatic carbocycles. The first-order chi connectivity index (χ1) is 12.5. The van der Waals surface area contributed by atoms with Crippen LogP contribution in [0.15, 0.2) is 26.5 Å². The highest BCUT2D eigenvalue weighted by atomic mass is 32.1. The summed E-state index contributed by atoms with van der Waals surface area (Å²) in [5.74, 6) is 2.38. The molecule has 0 aliphatic rings. The molecule has 0 spiro atoms. The average Bonchev–Trinajstić information content (AvgIpc) is 3.24. The second-order valence-electron chi connectivity index (χ2n) is 8.08. The van der Waals surface area contributed by atoms with Crippen molar-refractivity contribution in [3.05, 3.63) is 40.7 Å². The van der Waals surface area contributed by atoms with E-state index in [4.69, 9.17) is 8.94 Å². The second kappa shape index (κ2) is 6.92. The number of aryl methyl sites for hydroxylation is 1. The summed E-state index contributed by atoms with van der Waals surface area (Å²) in [6, 6.07) is 3.77. The fourth-order valence-corrected chi connectivity index (χ4v) is 3.23. The van der Waals surface area contributed by atoms with E-state index >= 15 is 0 Å². The molecule has 3 heterocycles. The lowest BCUT2D eigenvalue weighted by Gasteiger charge is -2.22. The van der Waals surface area contributed by atoms with Gasteiger partial charge in [-0.2, -0.15) is 4.98 Å². The largest absolute Gasteiger partial charge is 0.459 e. The Kier molecular flexibility index (Phi) is 4.94. The number of thiazole rings is 1. The molecule has 144 valence electrons. The summed E-state index contributed by atoms with van der Waals surface area (Å²) in [5.41, 5.74) is -0.297. The van der Waals surface area contributed by atoms with E-state index in [1.54, 1.807) is 0 Å². The number of hydrogen-bond acceptors (Lipinski definition) is 7. The lowest BCUT2D eigenvalue weighted by molar-refractivity contribution is -0.122. The Morgan fingerprint density at radius 3 is 2.52 bits per heavy atom. The van der Waals surface area contributed by atoms with Crippen molar-refractivity contribution < 1.29 is 13.7 Å². The summed E-state index contributed by atoms with van der Waals surface area (Å²) in [4.78, 5) is 21.4. The van der Waals surface area contributed by atoms with Crippen LogP contribution in [-0.2, 0) is 22.2 Å². The predicted molar refractivity (Wildman–Crippen MR) is 102 cm³/mol. The highest BCUT2D eigenvalue weighted by Gasteiger charge is 2.31. The highest BCUT2D eigenvalue weighted by molar-refractivity contribution is 7.13. The molecule has 0 fully saturated rings. The number of amides is 1. The maximum atomic E-state index is 12.5. The number of nitrogens with one attached hydrogen (secondary N) is 1. The van der Waals surface area contributed by atoms with Crippen molar-refractivity contribution in [2.24, 2.45) is 0 Å². The lowest BCUT2D eigenvalue weighted by Crippen LogP contribution is -2.42. The Morgan fingerprint density at radius 1 is 1.19 bits per heavy atom. The number of hydrogen-bond donors (Lipinski definition) is 1. The standard InChI is InChI=1S/C19H24N4O3S/c1-11-7-8-13(25-11)15-20-12(10-27-15)9-14(24)22-19(5,6)16-21-17(26-23-16)18(2,3)4/h7-8,10H,9H2,1-6H3,(H,22,24). The van der Waals surface area contributed by atoms with Crippen LogP contribution in [0.3, 0.4) is 0 Å². The Hall–Kier alpha value is -2.48. The third-order valence-corrected chi connectivity index (χ3v) is 4.83.